The smallest absolute Gasteiger partial charge is 0.257 e. The number of aromatic hydroxyl groups is 2. The Balaban J connectivity index is 2.03. The number of nitrogens with one attached hydrogen (secondary N) is 1. The van der Waals surface area contributed by atoms with E-state index in [1.807, 2.05) is 0 Å². The van der Waals surface area contributed by atoms with E-state index in [0.29, 0.717) is 19.1 Å². The minimum atomic E-state index is -0.332. The number of para-hydroxylation sites is 1. The van der Waals surface area contributed by atoms with Crippen molar-refractivity contribution in [3.05, 3.63) is 23.8 Å². The van der Waals surface area contributed by atoms with Gasteiger partial charge in [0.1, 0.15) is 0 Å². The summed E-state index contributed by atoms with van der Waals surface area (Å²) in [6, 6.07) is 4.93. The molecule has 1 aliphatic rings. The molecule has 1 amide bonds. The monoisotopic (exact) mass is 264 g/mol. The highest BCUT2D eigenvalue weighted by Gasteiger charge is 2.25. The molecule has 1 aromatic carbocycles. The van der Waals surface area contributed by atoms with Gasteiger partial charge in [0.2, 0.25) is 0 Å². The first kappa shape index (κ1) is 13.7. The number of nitrogens with zero attached hydrogens (tertiary/aromatic N) is 1. The Bertz CT molecular complexity index is 454. The molecule has 0 bridgehead atoms. The van der Waals surface area contributed by atoms with Gasteiger partial charge in [-0.1, -0.05) is 13.0 Å². The highest BCUT2D eigenvalue weighted by atomic mass is 16.3. The van der Waals surface area contributed by atoms with Gasteiger partial charge in [-0.15, -0.1) is 0 Å². The summed E-state index contributed by atoms with van der Waals surface area (Å²) in [5, 5.41) is 22.5. The Morgan fingerprint density at radius 1 is 1.37 bits per heavy atom. The summed E-state index contributed by atoms with van der Waals surface area (Å²) >= 11 is 0. The molecule has 19 heavy (non-hydrogen) atoms. The Kier molecular flexibility index (Phi) is 4.27. The third-order valence-electron chi connectivity index (χ3n) is 3.52. The van der Waals surface area contributed by atoms with E-state index in [2.05, 4.69) is 12.2 Å². The molecule has 0 atom stereocenters. The Morgan fingerprint density at radius 3 is 2.68 bits per heavy atom. The van der Waals surface area contributed by atoms with Crippen molar-refractivity contribution in [3.8, 4) is 11.5 Å². The Morgan fingerprint density at radius 2 is 2.05 bits per heavy atom. The second kappa shape index (κ2) is 5.93. The number of piperidine rings is 1. The van der Waals surface area contributed by atoms with E-state index in [1.54, 1.807) is 11.0 Å². The molecule has 1 fully saturated rings. The number of benzene rings is 1. The minimum Gasteiger partial charge on any atom is -0.504 e. The van der Waals surface area contributed by atoms with Crippen molar-refractivity contribution >= 4 is 5.91 Å². The fraction of sp³-hybridized carbons (Fsp3) is 0.500. The maximum Gasteiger partial charge on any atom is 0.257 e. The molecule has 0 saturated carbocycles. The fourth-order valence-corrected chi connectivity index (χ4v) is 2.45. The topological polar surface area (TPSA) is 72.8 Å². The van der Waals surface area contributed by atoms with Gasteiger partial charge in [0.05, 0.1) is 5.56 Å². The number of rotatable bonds is 3. The van der Waals surface area contributed by atoms with Crippen LogP contribution in [-0.4, -0.2) is 46.7 Å². The number of carbonyl (C=O) groups excluding carboxylic acids is 1. The highest BCUT2D eigenvalue weighted by molar-refractivity contribution is 5.97. The Labute approximate surface area is 112 Å². The van der Waals surface area contributed by atoms with Crippen LogP contribution in [0.15, 0.2) is 18.2 Å². The number of phenolic OH excluding ortho intramolecular Hbond substituents is 2. The number of carbonyl (C=O) groups is 1. The second-order valence-electron chi connectivity index (χ2n) is 4.80. The summed E-state index contributed by atoms with van der Waals surface area (Å²) in [6.45, 7) is 4.35. The molecule has 0 unspecified atom stereocenters. The van der Waals surface area contributed by atoms with Crippen LogP contribution >= 0.6 is 0 Å². The second-order valence-corrected chi connectivity index (χ2v) is 4.80. The van der Waals surface area contributed by atoms with E-state index in [0.717, 1.165) is 19.4 Å². The van der Waals surface area contributed by atoms with Crippen molar-refractivity contribution in [1.29, 1.82) is 0 Å². The quantitative estimate of drug-likeness (QED) is 0.720. The van der Waals surface area contributed by atoms with E-state index < -0.39 is 0 Å². The van der Waals surface area contributed by atoms with Gasteiger partial charge in [0, 0.05) is 19.1 Å². The Hall–Kier alpha value is -1.75. The van der Waals surface area contributed by atoms with Crippen molar-refractivity contribution in [2.24, 2.45) is 0 Å². The molecule has 1 heterocycles. The van der Waals surface area contributed by atoms with Gasteiger partial charge >= 0.3 is 0 Å². The lowest BCUT2D eigenvalue weighted by atomic mass is 10.0. The van der Waals surface area contributed by atoms with Gasteiger partial charge in [0.15, 0.2) is 11.5 Å². The maximum atomic E-state index is 12.3. The molecule has 0 aromatic heterocycles. The lowest BCUT2D eigenvalue weighted by Gasteiger charge is -2.32. The largest absolute Gasteiger partial charge is 0.504 e. The van der Waals surface area contributed by atoms with Crippen LogP contribution < -0.4 is 5.32 Å². The molecule has 0 spiro atoms. The number of phenols is 2. The molecule has 0 radical (unpaired) electrons. The highest BCUT2D eigenvalue weighted by Crippen LogP contribution is 2.29. The van der Waals surface area contributed by atoms with Crippen LogP contribution in [-0.2, 0) is 0 Å². The lowest BCUT2D eigenvalue weighted by molar-refractivity contribution is 0.0702. The molecule has 1 saturated heterocycles. The first-order valence-corrected chi connectivity index (χ1v) is 6.67. The molecule has 5 heteroatoms. The lowest BCUT2D eigenvalue weighted by Crippen LogP contribution is -2.44. The van der Waals surface area contributed by atoms with Gasteiger partial charge in [-0.25, -0.2) is 0 Å². The van der Waals surface area contributed by atoms with E-state index >= 15 is 0 Å². The van der Waals surface area contributed by atoms with Crippen molar-refractivity contribution in [3.63, 3.8) is 0 Å². The average molecular weight is 264 g/mol. The maximum absolute atomic E-state index is 12.3. The standard InChI is InChI=1S/C14H20N2O3/c1-2-15-10-6-8-16(9-7-10)14(19)11-4-3-5-12(17)13(11)18/h3-5,10,15,17-18H,2,6-9H2,1H3. The van der Waals surface area contributed by atoms with E-state index in [4.69, 9.17) is 0 Å². The van der Waals surface area contributed by atoms with Crippen LogP contribution in [0.4, 0.5) is 0 Å². The van der Waals surface area contributed by atoms with Crippen LogP contribution in [0.1, 0.15) is 30.1 Å². The molecule has 3 N–H and O–H groups in total. The molecule has 2 rings (SSSR count). The predicted octanol–water partition coefficient (Wildman–Crippen LogP) is 1.31. The molecular formula is C14H20N2O3. The van der Waals surface area contributed by atoms with Crippen molar-refractivity contribution in [2.45, 2.75) is 25.8 Å². The van der Waals surface area contributed by atoms with Crippen LogP contribution in [0.5, 0.6) is 11.5 Å². The fourth-order valence-electron chi connectivity index (χ4n) is 2.45. The zero-order valence-electron chi connectivity index (χ0n) is 11.1. The van der Waals surface area contributed by atoms with Crippen LogP contribution in [0.3, 0.4) is 0 Å². The zero-order valence-corrected chi connectivity index (χ0v) is 11.1. The van der Waals surface area contributed by atoms with E-state index in [1.165, 1.54) is 12.1 Å². The molecule has 0 aliphatic carbocycles. The van der Waals surface area contributed by atoms with Crippen molar-refractivity contribution < 1.29 is 15.0 Å². The minimum absolute atomic E-state index is 0.168. The van der Waals surface area contributed by atoms with E-state index in [-0.39, 0.29) is 23.0 Å². The van der Waals surface area contributed by atoms with Crippen molar-refractivity contribution in [2.75, 3.05) is 19.6 Å². The number of hydrogen-bond donors (Lipinski definition) is 3. The van der Waals surface area contributed by atoms with Crippen LogP contribution in [0.2, 0.25) is 0 Å². The van der Waals surface area contributed by atoms with Gasteiger partial charge in [-0.3, -0.25) is 4.79 Å². The van der Waals surface area contributed by atoms with Gasteiger partial charge in [0.25, 0.3) is 5.91 Å². The van der Waals surface area contributed by atoms with Gasteiger partial charge in [-0.05, 0) is 31.5 Å². The summed E-state index contributed by atoms with van der Waals surface area (Å²) in [4.78, 5) is 14.0. The molecule has 104 valence electrons. The summed E-state index contributed by atoms with van der Waals surface area (Å²) in [5.41, 5.74) is 0.168. The predicted molar refractivity (Wildman–Crippen MR) is 72.4 cm³/mol. The molecule has 5 nitrogen and oxygen atoms in total. The third-order valence-corrected chi connectivity index (χ3v) is 3.52. The van der Waals surface area contributed by atoms with E-state index in [9.17, 15) is 15.0 Å². The number of likely N-dealkylation sites (tertiary alicyclic amines) is 1. The number of hydrogen-bond acceptors (Lipinski definition) is 4. The zero-order chi connectivity index (χ0) is 13.8. The molecular weight excluding hydrogens is 244 g/mol. The SMILES string of the molecule is CCNC1CCN(C(=O)c2cccc(O)c2O)CC1. The third kappa shape index (κ3) is 2.98. The molecule has 1 aromatic rings. The molecule has 1 aliphatic heterocycles. The summed E-state index contributed by atoms with van der Waals surface area (Å²) < 4.78 is 0. The van der Waals surface area contributed by atoms with Crippen LogP contribution in [0, 0.1) is 0 Å². The summed E-state index contributed by atoms with van der Waals surface area (Å²) in [7, 11) is 0. The van der Waals surface area contributed by atoms with Crippen LogP contribution in [0.25, 0.3) is 0 Å². The normalized spacial score (nSPS) is 16.6. The summed E-state index contributed by atoms with van der Waals surface area (Å²) in [6.07, 6.45) is 1.83. The summed E-state index contributed by atoms with van der Waals surface area (Å²) in [5.74, 6) is -0.807. The van der Waals surface area contributed by atoms with Crippen molar-refractivity contribution in [1.82, 2.24) is 10.2 Å². The number of amides is 1. The van der Waals surface area contributed by atoms with Gasteiger partial charge < -0.3 is 20.4 Å². The average Bonchev–Trinajstić information content (AvgIpc) is 2.42. The van der Waals surface area contributed by atoms with Gasteiger partial charge in [-0.2, -0.15) is 0 Å². The first-order valence-electron chi connectivity index (χ1n) is 6.67. The first-order chi connectivity index (χ1) is 9.13.